The van der Waals surface area contributed by atoms with Crippen LogP contribution in [-0.4, -0.2) is 23.5 Å². The topological polar surface area (TPSA) is 52.6 Å². The van der Waals surface area contributed by atoms with E-state index >= 15 is 0 Å². The van der Waals surface area contributed by atoms with Crippen LogP contribution in [0.15, 0.2) is 30.3 Å². The highest BCUT2D eigenvalue weighted by atomic mass is 32.1. The number of hydrogen-bond donors (Lipinski definition) is 1. The van der Waals surface area contributed by atoms with Crippen molar-refractivity contribution in [3.63, 3.8) is 0 Å². The largest absolute Gasteiger partial charge is 0.459 e. The number of rotatable bonds is 7. The van der Waals surface area contributed by atoms with Crippen LogP contribution in [0.4, 0.5) is 0 Å². The molecule has 0 aliphatic heterocycles. The van der Waals surface area contributed by atoms with Crippen LogP contribution in [0.1, 0.15) is 50.9 Å². The highest BCUT2D eigenvalue weighted by molar-refractivity contribution is 7.80. The van der Waals surface area contributed by atoms with Crippen LogP contribution in [0, 0.1) is 5.41 Å². The van der Waals surface area contributed by atoms with Gasteiger partial charge in [0.05, 0.1) is 17.1 Å². The lowest BCUT2D eigenvalue weighted by Crippen LogP contribution is -2.29. The summed E-state index contributed by atoms with van der Waals surface area (Å²) in [6, 6.07) is 8.85. The van der Waals surface area contributed by atoms with Crippen LogP contribution < -0.4 is 0 Å². The molecule has 122 valence electrons. The maximum absolute atomic E-state index is 12.0. The maximum Gasteiger partial charge on any atom is 0.338 e. The summed E-state index contributed by atoms with van der Waals surface area (Å²) in [6.45, 7) is 7.15. The van der Waals surface area contributed by atoms with E-state index in [9.17, 15) is 9.59 Å². The van der Waals surface area contributed by atoms with Gasteiger partial charge in [0.25, 0.3) is 0 Å². The molecule has 0 radical (unpaired) electrons. The van der Waals surface area contributed by atoms with Crippen molar-refractivity contribution in [1.29, 1.82) is 0 Å². The molecule has 0 spiro atoms. The Morgan fingerprint density at radius 1 is 1.14 bits per heavy atom. The summed E-state index contributed by atoms with van der Waals surface area (Å²) >= 11 is 4.05. The minimum Gasteiger partial charge on any atom is -0.459 e. The predicted octanol–water partition coefficient (Wildman–Crippen LogP) is 3.86. The van der Waals surface area contributed by atoms with Crippen molar-refractivity contribution in [2.24, 2.45) is 5.41 Å². The Morgan fingerprint density at radius 3 is 2.27 bits per heavy atom. The van der Waals surface area contributed by atoms with Crippen LogP contribution >= 0.6 is 12.6 Å². The molecule has 0 bridgehead atoms. The fraction of sp³-hybridized carbons (Fsp3) is 0.529. The summed E-state index contributed by atoms with van der Waals surface area (Å²) in [5, 5.41) is 0. The third kappa shape index (κ3) is 6.10. The van der Waals surface area contributed by atoms with Crippen LogP contribution in [0.25, 0.3) is 0 Å². The Balaban J connectivity index is 2.47. The normalized spacial score (nSPS) is 14.0. The molecule has 2 atom stereocenters. The summed E-state index contributed by atoms with van der Waals surface area (Å²) in [5.41, 5.74) is -0.540. The van der Waals surface area contributed by atoms with Crippen LogP contribution in [0.3, 0.4) is 0 Å². The molecule has 0 heterocycles. The Labute approximate surface area is 137 Å². The molecule has 4 nitrogen and oxygen atoms in total. The molecule has 0 saturated heterocycles. The molecule has 1 rings (SSSR count). The molecule has 0 saturated carbocycles. The van der Waals surface area contributed by atoms with Crippen molar-refractivity contribution < 1.29 is 19.1 Å². The van der Waals surface area contributed by atoms with Gasteiger partial charge in [-0.3, -0.25) is 4.79 Å². The van der Waals surface area contributed by atoms with Crippen molar-refractivity contribution >= 4 is 24.6 Å². The summed E-state index contributed by atoms with van der Waals surface area (Å²) in [4.78, 5) is 23.9. The fourth-order valence-electron chi connectivity index (χ4n) is 1.86. The first-order valence-corrected chi connectivity index (χ1v) is 7.89. The van der Waals surface area contributed by atoms with E-state index in [0.717, 1.165) is 0 Å². The van der Waals surface area contributed by atoms with E-state index in [1.54, 1.807) is 31.2 Å². The first-order valence-electron chi connectivity index (χ1n) is 7.37. The van der Waals surface area contributed by atoms with Gasteiger partial charge in [-0.1, -0.05) is 18.2 Å². The van der Waals surface area contributed by atoms with Gasteiger partial charge in [-0.25, -0.2) is 4.79 Å². The molecule has 0 amide bonds. The molecule has 5 heteroatoms. The van der Waals surface area contributed by atoms with Crippen molar-refractivity contribution in [3.8, 4) is 0 Å². The molecule has 2 unspecified atom stereocenters. The van der Waals surface area contributed by atoms with Crippen molar-refractivity contribution in [3.05, 3.63) is 35.9 Å². The van der Waals surface area contributed by atoms with Crippen molar-refractivity contribution in [2.75, 3.05) is 0 Å². The molecular weight excluding hydrogens is 300 g/mol. The summed E-state index contributed by atoms with van der Waals surface area (Å²) < 4.78 is 10.5. The molecule has 1 aromatic rings. The Bertz CT molecular complexity index is 497. The van der Waals surface area contributed by atoms with E-state index < -0.39 is 10.9 Å². The zero-order chi connectivity index (χ0) is 16.8. The molecule has 0 N–H and O–H groups in total. The van der Waals surface area contributed by atoms with Crippen molar-refractivity contribution in [1.82, 2.24) is 0 Å². The first-order chi connectivity index (χ1) is 10.2. The van der Waals surface area contributed by atoms with Gasteiger partial charge in [0, 0.05) is 0 Å². The Hall–Kier alpha value is -1.49. The number of carbonyl (C=O) groups excluding carboxylic acids is 2. The standard InChI is InChI=1S/C17H24O4S/c1-12(20-15(18)14-8-6-5-7-9-14)10-11-17(3,4)16(19)21-13(2)22/h5-9,12-13,22H,10-11H2,1-4H3. The van der Waals surface area contributed by atoms with Gasteiger partial charge < -0.3 is 9.47 Å². The van der Waals surface area contributed by atoms with E-state index in [4.69, 9.17) is 9.47 Å². The van der Waals surface area contributed by atoms with E-state index in [2.05, 4.69) is 12.6 Å². The summed E-state index contributed by atoms with van der Waals surface area (Å²) in [6.07, 6.45) is 0.880. The van der Waals surface area contributed by atoms with Gasteiger partial charge in [-0.05, 0) is 52.7 Å². The number of thiol groups is 1. The quantitative estimate of drug-likeness (QED) is 0.470. The van der Waals surface area contributed by atoms with Crippen LogP contribution in [-0.2, 0) is 14.3 Å². The van der Waals surface area contributed by atoms with E-state index in [1.165, 1.54) is 0 Å². The highest BCUT2D eigenvalue weighted by Gasteiger charge is 2.30. The maximum atomic E-state index is 12.0. The number of carbonyl (C=O) groups is 2. The number of ether oxygens (including phenoxy) is 2. The van der Waals surface area contributed by atoms with Gasteiger partial charge in [0.15, 0.2) is 0 Å². The molecule has 0 fully saturated rings. The SMILES string of the molecule is CC(S)OC(=O)C(C)(C)CCC(C)OC(=O)c1ccccc1. The zero-order valence-corrected chi connectivity index (χ0v) is 14.4. The highest BCUT2D eigenvalue weighted by Crippen LogP contribution is 2.26. The first kappa shape index (κ1) is 18.6. The Kier molecular flexibility index (Phi) is 6.94. The fourth-order valence-corrected chi connectivity index (χ4v) is 1.96. The van der Waals surface area contributed by atoms with Gasteiger partial charge in [-0.15, -0.1) is 12.6 Å². The van der Waals surface area contributed by atoms with E-state index in [1.807, 2.05) is 26.8 Å². The van der Waals surface area contributed by atoms with Crippen molar-refractivity contribution in [2.45, 2.75) is 52.1 Å². The van der Waals surface area contributed by atoms with Gasteiger partial charge in [0.2, 0.25) is 0 Å². The van der Waals surface area contributed by atoms with Gasteiger partial charge in [-0.2, -0.15) is 0 Å². The molecular formula is C17H24O4S. The molecule has 1 aromatic carbocycles. The number of benzene rings is 1. The molecule has 0 aliphatic rings. The van der Waals surface area contributed by atoms with E-state index in [0.29, 0.717) is 18.4 Å². The predicted molar refractivity (Wildman–Crippen MR) is 88.9 cm³/mol. The second-order valence-corrected chi connectivity index (χ2v) is 6.74. The molecule has 0 aliphatic carbocycles. The smallest absolute Gasteiger partial charge is 0.338 e. The monoisotopic (exact) mass is 324 g/mol. The third-order valence-electron chi connectivity index (χ3n) is 3.32. The lowest BCUT2D eigenvalue weighted by molar-refractivity contribution is -0.155. The summed E-state index contributed by atoms with van der Waals surface area (Å²) in [5.74, 6) is -0.644. The second-order valence-electron chi connectivity index (χ2n) is 6.01. The van der Waals surface area contributed by atoms with Gasteiger partial charge >= 0.3 is 11.9 Å². The Morgan fingerprint density at radius 2 is 1.73 bits per heavy atom. The number of esters is 2. The minimum atomic E-state index is -0.635. The third-order valence-corrected chi connectivity index (χ3v) is 3.43. The molecule has 22 heavy (non-hydrogen) atoms. The van der Waals surface area contributed by atoms with Crippen LogP contribution in [0.5, 0.6) is 0 Å². The van der Waals surface area contributed by atoms with Crippen LogP contribution in [0.2, 0.25) is 0 Å². The zero-order valence-electron chi connectivity index (χ0n) is 13.5. The summed E-state index contributed by atoms with van der Waals surface area (Å²) in [7, 11) is 0. The van der Waals surface area contributed by atoms with E-state index in [-0.39, 0.29) is 18.0 Å². The lowest BCUT2D eigenvalue weighted by Gasteiger charge is -2.25. The molecule has 0 aromatic heterocycles. The minimum absolute atomic E-state index is 0.270. The average Bonchev–Trinajstić information content (AvgIpc) is 2.45. The second kappa shape index (κ2) is 8.22. The lowest BCUT2D eigenvalue weighted by atomic mass is 9.87. The average molecular weight is 324 g/mol. The number of hydrogen-bond acceptors (Lipinski definition) is 5. The van der Waals surface area contributed by atoms with Gasteiger partial charge in [0.1, 0.15) is 5.44 Å².